The molecule has 0 bridgehead atoms. The molecule has 0 aliphatic rings. The van der Waals surface area contributed by atoms with E-state index in [2.05, 4.69) is 25.5 Å². The van der Waals surface area contributed by atoms with Gasteiger partial charge in [0.05, 0.1) is 29.9 Å². The Balaban J connectivity index is 1.15. The molecule has 0 unspecified atom stereocenters. The number of methoxy groups -OCH3 is 1. The summed E-state index contributed by atoms with van der Waals surface area (Å²) >= 11 is 1.60. The third-order valence-electron chi connectivity index (χ3n) is 5.63. The molecular weight excluding hydrogens is 514 g/mol. The maximum atomic E-state index is 12.5. The molecule has 3 aromatic carbocycles. The van der Waals surface area contributed by atoms with Crippen molar-refractivity contribution in [3.05, 3.63) is 114 Å². The van der Waals surface area contributed by atoms with Crippen molar-refractivity contribution in [3.63, 3.8) is 0 Å². The van der Waals surface area contributed by atoms with E-state index >= 15 is 0 Å². The average Bonchev–Trinajstić information content (AvgIpc) is 3.40. The molecule has 0 atom stereocenters. The Kier molecular flexibility index (Phi) is 7.94. The fourth-order valence-electron chi connectivity index (χ4n) is 3.62. The van der Waals surface area contributed by atoms with Crippen LogP contribution in [-0.4, -0.2) is 40.2 Å². The van der Waals surface area contributed by atoms with Crippen LogP contribution >= 0.6 is 11.8 Å². The normalized spacial score (nSPS) is 11.0. The zero-order valence-corrected chi connectivity index (χ0v) is 21.6. The van der Waals surface area contributed by atoms with E-state index in [-0.39, 0.29) is 11.7 Å². The summed E-state index contributed by atoms with van der Waals surface area (Å²) in [5.41, 5.74) is 6.99. The summed E-state index contributed by atoms with van der Waals surface area (Å²) in [7, 11) is 1.47. The Hall–Kier alpha value is -4.96. The molecule has 0 fully saturated rings. The first-order chi connectivity index (χ1) is 19.1. The summed E-state index contributed by atoms with van der Waals surface area (Å²) in [6, 6.07) is 23.4. The first-order valence-corrected chi connectivity index (χ1v) is 12.9. The third kappa shape index (κ3) is 6.49. The molecule has 9 nitrogen and oxygen atoms in total. The van der Waals surface area contributed by atoms with Crippen LogP contribution in [-0.2, 0) is 5.75 Å². The monoisotopic (exact) mass is 537 g/mol. The molecule has 0 aliphatic heterocycles. The van der Waals surface area contributed by atoms with Gasteiger partial charge in [-0.1, -0.05) is 36.0 Å². The predicted octanol–water partition coefficient (Wildman–Crippen LogP) is 5.24. The number of pyridine rings is 1. The van der Waals surface area contributed by atoms with Crippen LogP contribution in [0.4, 0.5) is 0 Å². The van der Waals surface area contributed by atoms with E-state index in [0.717, 1.165) is 27.5 Å². The number of carbonyl (C=O) groups excluding carboxylic acids is 2. The van der Waals surface area contributed by atoms with Crippen LogP contribution in [0.1, 0.15) is 31.8 Å². The summed E-state index contributed by atoms with van der Waals surface area (Å²) in [5.74, 6) is 0.436. The van der Waals surface area contributed by atoms with E-state index < -0.39 is 5.97 Å². The zero-order chi connectivity index (χ0) is 27.0. The fourth-order valence-corrected chi connectivity index (χ4v) is 4.46. The Morgan fingerprint density at radius 3 is 2.62 bits per heavy atom. The predicted molar refractivity (Wildman–Crippen MR) is 149 cm³/mol. The number of ether oxygens (including phenoxy) is 2. The number of amides is 1. The highest BCUT2D eigenvalue weighted by molar-refractivity contribution is 7.98. The smallest absolute Gasteiger partial charge is 0.345 e. The van der Waals surface area contributed by atoms with E-state index in [4.69, 9.17) is 9.47 Å². The van der Waals surface area contributed by atoms with Gasteiger partial charge in [-0.3, -0.25) is 9.78 Å². The first kappa shape index (κ1) is 25.7. The number of fused-ring (bicyclic) bond motifs is 1. The van der Waals surface area contributed by atoms with Crippen molar-refractivity contribution in [2.75, 3.05) is 7.11 Å². The number of hydrogen-bond acceptors (Lipinski definition) is 8. The topological polar surface area (TPSA) is 119 Å². The zero-order valence-electron chi connectivity index (χ0n) is 20.8. The number of nitrogens with zero attached hydrogens (tertiary/aromatic N) is 3. The van der Waals surface area contributed by atoms with E-state index in [1.807, 2.05) is 36.4 Å². The molecule has 0 saturated carbocycles. The average molecular weight is 538 g/mol. The molecule has 194 valence electrons. The lowest BCUT2D eigenvalue weighted by atomic mass is 10.1. The van der Waals surface area contributed by atoms with Gasteiger partial charge in [-0.05, 0) is 65.7 Å². The molecule has 39 heavy (non-hydrogen) atoms. The van der Waals surface area contributed by atoms with Crippen LogP contribution in [0.2, 0.25) is 0 Å². The molecule has 5 rings (SSSR count). The summed E-state index contributed by atoms with van der Waals surface area (Å²) in [5, 5.41) is 4.89. The molecule has 2 aromatic heterocycles. The van der Waals surface area contributed by atoms with Crippen LogP contribution < -0.4 is 14.9 Å². The standard InChI is InChI=1S/C29H23N5O4S/c1-37-26-15-20(10-13-25(26)38-28(36)22-5-4-14-30-17-22)16-31-34-27(35)21-11-8-19(9-12-21)18-39-29-32-23-6-2-3-7-24(23)33-29/h2-17H,18H2,1H3,(H,32,33)(H,34,35). The molecule has 0 radical (unpaired) electrons. The van der Waals surface area contributed by atoms with Crippen molar-refractivity contribution >= 4 is 40.9 Å². The summed E-state index contributed by atoms with van der Waals surface area (Å²) in [6.07, 6.45) is 4.48. The SMILES string of the molecule is COc1cc(C=NNC(=O)c2ccc(CSc3nc4ccccc4[nH]3)cc2)ccc1OC(=O)c1cccnc1. The maximum absolute atomic E-state index is 12.5. The van der Waals surface area contributed by atoms with Gasteiger partial charge in [0.15, 0.2) is 16.7 Å². The number of thioether (sulfide) groups is 1. The number of aromatic nitrogens is 3. The van der Waals surface area contributed by atoms with Gasteiger partial charge in [0.2, 0.25) is 0 Å². The number of imidazole rings is 1. The van der Waals surface area contributed by atoms with E-state index in [0.29, 0.717) is 22.4 Å². The van der Waals surface area contributed by atoms with Crippen molar-refractivity contribution in [1.82, 2.24) is 20.4 Å². The molecule has 1 amide bonds. The second-order valence-corrected chi connectivity index (χ2v) is 9.25. The van der Waals surface area contributed by atoms with E-state index in [9.17, 15) is 9.59 Å². The van der Waals surface area contributed by atoms with Crippen molar-refractivity contribution in [1.29, 1.82) is 0 Å². The summed E-state index contributed by atoms with van der Waals surface area (Å²) in [6.45, 7) is 0. The number of rotatable bonds is 9. The van der Waals surface area contributed by atoms with Crippen LogP contribution in [0, 0.1) is 0 Å². The Labute approximate surface area is 228 Å². The van der Waals surface area contributed by atoms with Gasteiger partial charge in [0.25, 0.3) is 5.91 Å². The van der Waals surface area contributed by atoms with Crippen LogP contribution in [0.5, 0.6) is 11.5 Å². The lowest BCUT2D eigenvalue weighted by Gasteiger charge is -2.09. The van der Waals surface area contributed by atoms with Gasteiger partial charge in [-0.2, -0.15) is 5.10 Å². The largest absolute Gasteiger partial charge is 0.493 e. The minimum absolute atomic E-state index is 0.256. The van der Waals surface area contributed by atoms with Crippen LogP contribution in [0.15, 0.2) is 102 Å². The van der Waals surface area contributed by atoms with Gasteiger partial charge >= 0.3 is 5.97 Å². The van der Waals surface area contributed by atoms with E-state index in [1.165, 1.54) is 19.5 Å². The maximum Gasteiger partial charge on any atom is 0.345 e. The number of aromatic amines is 1. The van der Waals surface area contributed by atoms with Gasteiger partial charge < -0.3 is 14.5 Å². The molecular formula is C29H23N5O4S. The highest BCUT2D eigenvalue weighted by Gasteiger charge is 2.13. The lowest BCUT2D eigenvalue weighted by molar-refractivity contribution is 0.0729. The second kappa shape index (κ2) is 12.1. The van der Waals surface area contributed by atoms with Crippen molar-refractivity contribution in [2.45, 2.75) is 10.9 Å². The van der Waals surface area contributed by atoms with Crippen LogP contribution in [0.25, 0.3) is 11.0 Å². The van der Waals surface area contributed by atoms with Gasteiger partial charge in [0.1, 0.15) is 0 Å². The highest BCUT2D eigenvalue weighted by Crippen LogP contribution is 2.28. The number of nitrogens with one attached hydrogen (secondary N) is 2. The lowest BCUT2D eigenvalue weighted by Crippen LogP contribution is -2.17. The second-order valence-electron chi connectivity index (χ2n) is 8.29. The van der Waals surface area contributed by atoms with Gasteiger partial charge in [-0.15, -0.1) is 0 Å². The Morgan fingerprint density at radius 2 is 1.85 bits per heavy atom. The summed E-state index contributed by atoms with van der Waals surface area (Å²) in [4.78, 5) is 36.6. The molecule has 2 N–H and O–H groups in total. The Bertz CT molecular complexity index is 1600. The third-order valence-corrected chi connectivity index (χ3v) is 6.57. The summed E-state index contributed by atoms with van der Waals surface area (Å²) < 4.78 is 10.8. The van der Waals surface area contributed by atoms with Crippen LogP contribution in [0.3, 0.4) is 0 Å². The molecule has 2 heterocycles. The minimum Gasteiger partial charge on any atom is -0.493 e. The molecule has 0 aliphatic carbocycles. The quantitative estimate of drug-likeness (QED) is 0.0868. The molecule has 0 saturated heterocycles. The number of para-hydroxylation sites is 2. The number of hydrogen-bond donors (Lipinski definition) is 2. The number of H-pyrrole nitrogens is 1. The van der Waals surface area contributed by atoms with E-state index in [1.54, 1.807) is 60.4 Å². The highest BCUT2D eigenvalue weighted by atomic mass is 32.2. The number of hydrazone groups is 1. The van der Waals surface area contributed by atoms with Crippen molar-refractivity contribution in [2.24, 2.45) is 5.10 Å². The number of benzene rings is 3. The first-order valence-electron chi connectivity index (χ1n) is 11.9. The fraction of sp³-hybridized carbons (Fsp3) is 0.0690. The van der Waals surface area contributed by atoms with Crippen molar-refractivity contribution in [3.8, 4) is 11.5 Å². The Morgan fingerprint density at radius 1 is 1.00 bits per heavy atom. The van der Waals surface area contributed by atoms with Gasteiger partial charge in [0, 0.05) is 23.7 Å². The minimum atomic E-state index is -0.547. The van der Waals surface area contributed by atoms with Gasteiger partial charge in [-0.25, -0.2) is 15.2 Å². The van der Waals surface area contributed by atoms with Crippen molar-refractivity contribution < 1.29 is 19.1 Å². The number of esters is 1. The number of carbonyl (C=O) groups is 2. The molecule has 10 heteroatoms. The molecule has 0 spiro atoms. The molecule has 5 aromatic rings.